The van der Waals surface area contributed by atoms with Crippen molar-refractivity contribution in [2.24, 2.45) is 5.73 Å². The number of rotatable bonds is 2. The first-order valence-corrected chi connectivity index (χ1v) is 5.40. The summed E-state index contributed by atoms with van der Waals surface area (Å²) < 4.78 is 13.3. The number of hydrogen-bond acceptors (Lipinski definition) is 2. The van der Waals surface area contributed by atoms with Crippen molar-refractivity contribution >= 4 is 0 Å². The summed E-state index contributed by atoms with van der Waals surface area (Å²) in [7, 11) is 0. The van der Waals surface area contributed by atoms with E-state index in [4.69, 9.17) is 5.73 Å². The summed E-state index contributed by atoms with van der Waals surface area (Å²) in [5, 5.41) is 0. The Kier molecular flexibility index (Phi) is 3.34. The lowest BCUT2D eigenvalue weighted by Gasteiger charge is -2.32. The molecule has 0 amide bonds. The maximum absolute atomic E-state index is 13.3. The van der Waals surface area contributed by atoms with Gasteiger partial charge in [0, 0.05) is 25.7 Å². The highest BCUT2D eigenvalue weighted by Crippen LogP contribution is 2.15. The molecule has 0 aliphatic carbocycles. The zero-order chi connectivity index (χ0) is 10.7. The molecule has 1 heterocycles. The summed E-state index contributed by atoms with van der Waals surface area (Å²) in [6.07, 6.45) is -0.261. The van der Waals surface area contributed by atoms with E-state index in [2.05, 4.69) is 17.0 Å². The van der Waals surface area contributed by atoms with Crippen LogP contribution in [0, 0.1) is 0 Å². The lowest BCUT2D eigenvalue weighted by Crippen LogP contribution is -2.47. The predicted molar refractivity (Wildman–Crippen MR) is 59.2 cm³/mol. The van der Waals surface area contributed by atoms with Crippen LogP contribution in [-0.4, -0.2) is 30.2 Å². The molecule has 0 bridgehead atoms. The van der Waals surface area contributed by atoms with Gasteiger partial charge in [-0.05, 0) is 12.0 Å². The van der Waals surface area contributed by atoms with Crippen molar-refractivity contribution in [2.75, 3.05) is 13.1 Å². The molecule has 1 aliphatic heterocycles. The second-order valence-corrected chi connectivity index (χ2v) is 4.27. The minimum Gasteiger partial charge on any atom is -0.326 e. The molecular weight excluding hydrogens is 191 g/mol. The molecule has 1 fully saturated rings. The van der Waals surface area contributed by atoms with E-state index in [1.807, 2.05) is 18.2 Å². The van der Waals surface area contributed by atoms with Gasteiger partial charge < -0.3 is 5.73 Å². The van der Waals surface area contributed by atoms with Gasteiger partial charge in [0.2, 0.25) is 0 Å². The van der Waals surface area contributed by atoms with Crippen LogP contribution in [0.25, 0.3) is 0 Å². The summed E-state index contributed by atoms with van der Waals surface area (Å²) >= 11 is 0. The third-order valence-corrected chi connectivity index (χ3v) is 2.76. The minimum absolute atomic E-state index is 0.0162. The fourth-order valence-electron chi connectivity index (χ4n) is 2.13. The Morgan fingerprint density at radius 1 is 1.27 bits per heavy atom. The quantitative estimate of drug-likeness (QED) is 0.799. The van der Waals surface area contributed by atoms with Gasteiger partial charge in [0.1, 0.15) is 6.17 Å². The molecule has 0 unspecified atom stereocenters. The highest BCUT2D eigenvalue weighted by molar-refractivity contribution is 5.14. The Balaban J connectivity index is 1.94. The lowest BCUT2D eigenvalue weighted by atomic mass is 10.0. The van der Waals surface area contributed by atoms with Gasteiger partial charge in [0.15, 0.2) is 0 Å². The number of hydrogen-bond donors (Lipinski definition) is 1. The second kappa shape index (κ2) is 4.73. The molecule has 0 saturated carbocycles. The molecule has 3 heteroatoms. The average molecular weight is 208 g/mol. The van der Waals surface area contributed by atoms with Gasteiger partial charge in [0.05, 0.1) is 0 Å². The standard InChI is InChI=1S/C12H17FN2/c13-11-6-12(14)9-15(8-11)7-10-4-2-1-3-5-10/h1-5,11-12H,6-9,14H2/t11-,12-/m0/s1. The van der Waals surface area contributed by atoms with E-state index in [9.17, 15) is 4.39 Å². The third-order valence-electron chi connectivity index (χ3n) is 2.76. The van der Waals surface area contributed by atoms with Gasteiger partial charge in [-0.1, -0.05) is 30.3 Å². The molecule has 1 aromatic carbocycles. The van der Waals surface area contributed by atoms with Crippen molar-refractivity contribution in [3.8, 4) is 0 Å². The van der Waals surface area contributed by atoms with E-state index in [1.165, 1.54) is 5.56 Å². The number of halogens is 1. The van der Waals surface area contributed by atoms with E-state index in [0.29, 0.717) is 13.0 Å². The maximum atomic E-state index is 13.3. The van der Waals surface area contributed by atoms with Crippen LogP contribution in [-0.2, 0) is 6.54 Å². The monoisotopic (exact) mass is 208 g/mol. The SMILES string of the molecule is N[C@H]1C[C@H](F)CN(Cc2ccccc2)C1. The third kappa shape index (κ3) is 3.01. The average Bonchev–Trinajstić information content (AvgIpc) is 2.17. The largest absolute Gasteiger partial charge is 0.326 e. The number of benzene rings is 1. The predicted octanol–water partition coefficient (Wildman–Crippen LogP) is 1.56. The Bertz CT molecular complexity index is 292. The normalized spacial score (nSPS) is 27.9. The van der Waals surface area contributed by atoms with Crippen LogP contribution in [0.3, 0.4) is 0 Å². The van der Waals surface area contributed by atoms with Crippen molar-refractivity contribution < 1.29 is 4.39 Å². The van der Waals surface area contributed by atoms with Gasteiger partial charge >= 0.3 is 0 Å². The molecule has 0 radical (unpaired) electrons. The molecule has 0 aromatic heterocycles. The van der Waals surface area contributed by atoms with Crippen LogP contribution in [0.5, 0.6) is 0 Å². The topological polar surface area (TPSA) is 29.3 Å². The zero-order valence-electron chi connectivity index (χ0n) is 8.77. The Morgan fingerprint density at radius 2 is 2.00 bits per heavy atom. The summed E-state index contributed by atoms with van der Waals surface area (Å²) in [4.78, 5) is 2.09. The fraction of sp³-hybridized carbons (Fsp3) is 0.500. The van der Waals surface area contributed by atoms with Crippen LogP contribution in [0.1, 0.15) is 12.0 Å². The summed E-state index contributed by atoms with van der Waals surface area (Å²) in [6, 6.07) is 10.1. The van der Waals surface area contributed by atoms with E-state index in [-0.39, 0.29) is 6.04 Å². The Hall–Kier alpha value is -0.930. The number of piperidine rings is 1. The van der Waals surface area contributed by atoms with Crippen LogP contribution in [0.4, 0.5) is 4.39 Å². The first-order valence-electron chi connectivity index (χ1n) is 5.40. The van der Waals surface area contributed by atoms with E-state index in [1.54, 1.807) is 0 Å². The summed E-state index contributed by atoms with van der Waals surface area (Å²) in [5.41, 5.74) is 7.01. The number of likely N-dealkylation sites (tertiary alicyclic amines) is 1. The molecule has 1 aliphatic rings. The molecular formula is C12H17FN2. The Labute approximate surface area is 89.9 Å². The minimum atomic E-state index is -0.766. The van der Waals surface area contributed by atoms with E-state index in [0.717, 1.165) is 13.1 Å². The van der Waals surface area contributed by atoms with Crippen LogP contribution >= 0.6 is 0 Å². The molecule has 2 nitrogen and oxygen atoms in total. The number of alkyl halides is 1. The molecule has 2 rings (SSSR count). The number of nitrogens with zero attached hydrogens (tertiary/aromatic N) is 1. The van der Waals surface area contributed by atoms with Crippen LogP contribution in [0.2, 0.25) is 0 Å². The molecule has 1 saturated heterocycles. The summed E-state index contributed by atoms with van der Waals surface area (Å²) in [5.74, 6) is 0. The second-order valence-electron chi connectivity index (χ2n) is 4.27. The van der Waals surface area contributed by atoms with Gasteiger partial charge in [0.25, 0.3) is 0 Å². The Morgan fingerprint density at radius 3 is 2.67 bits per heavy atom. The van der Waals surface area contributed by atoms with Crippen LogP contribution < -0.4 is 5.73 Å². The smallest absolute Gasteiger partial charge is 0.114 e. The molecule has 2 N–H and O–H groups in total. The van der Waals surface area contributed by atoms with Gasteiger partial charge in [-0.15, -0.1) is 0 Å². The van der Waals surface area contributed by atoms with Crippen molar-refractivity contribution in [2.45, 2.75) is 25.2 Å². The van der Waals surface area contributed by atoms with Gasteiger partial charge in [-0.3, -0.25) is 4.90 Å². The summed E-state index contributed by atoms with van der Waals surface area (Å²) in [6.45, 7) is 2.12. The van der Waals surface area contributed by atoms with Crippen molar-refractivity contribution in [1.29, 1.82) is 0 Å². The highest BCUT2D eigenvalue weighted by Gasteiger charge is 2.24. The van der Waals surface area contributed by atoms with Crippen molar-refractivity contribution in [3.63, 3.8) is 0 Å². The highest BCUT2D eigenvalue weighted by atomic mass is 19.1. The molecule has 1 aromatic rings. The first-order chi connectivity index (χ1) is 7.24. The van der Waals surface area contributed by atoms with E-state index >= 15 is 0 Å². The van der Waals surface area contributed by atoms with E-state index < -0.39 is 6.17 Å². The van der Waals surface area contributed by atoms with Crippen molar-refractivity contribution in [1.82, 2.24) is 4.90 Å². The van der Waals surface area contributed by atoms with Crippen LogP contribution in [0.15, 0.2) is 30.3 Å². The molecule has 0 spiro atoms. The molecule has 15 heavy (non-hydrogen) atoms. The lowest BCUT2D eigenvalue weighted by molar-refractivity contribution is 0.118. The maximum Gasteiger partial charge on any atom is 0.114 e. The van der Waals surface area contributed by atoms with Gasteiger partial charge in [-0.2, -0.15) is 0 Å². The number of nitrogens with two attached hydrogens (primary N) is 1. The fourth-order valence-corrected chi connectivity index (χ4v) is 2.13. The van der Waals surface area contributed by atoms with Gasteiger partial charge in [-0.25, -0.2) is 4.39 Å². The first kappa shape index (κ1) is 10.6. The molecule has 82 valence electrons. The van der Waals surface area contributed by atoms with Crippen molar-refractivity contribution in [3.05, 3.63) is 35.9 Å². The zero-order valence-corrected chi connectivity index (χ0v) is 8.77. The molecule has 2 atom stereocenters.